The van der Waals surface area contributed by atoms with Crippen molar-refractivity contribution in [2.75, 3.05) is 18.8 Å². The van der Waals surface area contributed by atoms with Crippen molar-refractivity contribution >= 4 is 27.0 Å². The largest absolute Gasteiger partial charge is 0.338 e. The highest BCUT2D eigenvalue weighted by Gasteiger charge is 2.29. The molecule has 0 radical (unpaired) electrons. The Morgan fingerprint density at radius 3 is 2.95 bits per heavy atom. The van der Waals surface area contributed by atoms with Crippen molar-refractivity contribution < 1.29 is 13.2 Å². The number of carbonyl (C=O) groups is 1. The third-order valence-electron chi connectivity index (χ3n) is 3.89. The third-order valence-corrected chi connectivity index (χ3v) is 4.82. The van der Waals surface area contributed by atoms with Crippen LogP contribution in [0.15, 0.2) is 18.5 Å². The van der Waals surface area contributed by atoms with Crippen LogP contribution < -0.4 is 5.14 Å². The molecule has 1 atom stereocenters. The van der Waals surface area contributed by atoms with Gasteiger partial charge in [-0.3, -0.25) is 14.5 Å². The maximum Gasteiger partial charge on any atom is 0.255 e. The number of sulfonamides is 1. The number of rotatable bonds is 3. The minimum atomic E-state index is -3.51. The zero-order valence-electron chi connectivity index (χ0n) is 12.1. The molecule has 0 aromatic carbocycles. The molecule has 2 N–H and O–H groups in total. The summed E-state index contributed by atoms with van der Waals surface area (Å²) in [7, 11) is -1.72. The molecule has 22 heavy (non-hydrogen) atoms. The van der Waals surface area contributed by atoms with E-state index in [0.717, 1.165) is 11.0 Å². The molecule has 3 rings (SSSR count). The van der Waals surface area contributed by atoms with Gasteiger partial charge >= 0.3 is 0 Å². The lowest BCUT2D eigenvalue weighted by atomic mass is 10.2. The molecular weight excluding hydrogens is 306 g/mol. The van der Waals surface area contributed by atoms with Crippen LogP contribution in [0.3, 0.4) is 0 Å². The number of nitrogens with zero attached hydrogens (tertiary/aromatic N) is 4. The minimum Gasteiger partial charge on any atom is -0.338 e. The van der Waals surface area contributed by atoms with Crippen molar-refractivity contribution in [2.45, 2.75) is 6.42 Å². The molecule has 1 aliphatic rings. The van der Waals surface area contributed by atoms with Crippen LogP contribution in [0.4, 0.5) is 0 Å². The Kier molecular flexibility index (Phi) is 3.61. The highest BCUT2D eigenvalue weighted by Crippen LogP contribution is 2.21. The summed E-state index contributed by atoms with van der Waals surface area (Å²) in [4.78, 5) is 18.4. The minimum absolute atomic E-state index is 0.0875. The number of hydrogen-bond acceptors (Lipinski definition) is 5. The summed E-state index contributed by atoms with van der Waals surface area (Å²) in [5.74, 6) is -0.338. The van der Waals surface area contributed by atoms with Crippen LogP contribution in [0.5, 0.6) is 0 Å². The number of primary sulfonamides is 1. The summed E-state index contributed by atoms with van der Waals surface area (Å²) in [5.41, 5.74) is 1.99. The van der Waals surface area contributed by atoms with Crippen molar-refractivity contribution in [3.63, 3.8) is 0 Å². The zero-order chi connectivity index (χ0) is 15.9. The second-order valence-electron chi connectivity index (χ2n) is 5.63. The highest BCUT2D eigenvalue weighted by atomic mass is 32.2. The maximum absolute atomic E-state index is 12.5. The number of nitrogens with two attached hydrogens (primary N) is 1. The van der Waals surface area contributed by atoms with Gasteiger partial charge in [0, 0.05) is 26.3 Å². The Hall–Kier alpha value is -2.00. The van der Waals surface area contributed by atoms with Crippen LogP contribution in [0, 0.1) is 5.92 Å². The number of likely N-dealkylation sites (tertiary alicyclic amines) is 1. The molecule has 118 valence electrons. The van der Waals surface area contributed by atoms with Crippen LogP contribution in [-0.2, 0) is 17.1 Å². The summed E-state index contributed by atoms with van der Waals surface area (Å²) in [6.07, 6.45) is 3.81. The first-order chi connectivity index (χ1) is 10.3. The van der Waals surface area contributed by atoms with E-state index in [1.807, 2.05) is 0 Å². The van der Waals surface area contributed by atoms with Crippen LogP contribution in [-0.4, -0.2) is 52.8 Å². The van der Waals surface area contributed by atoms with E-state index in [-0.39, 0.29) is 17.6 Å². The number of pyridine rings is 1. The first-order valence-electron chi connectivity index (χ1n) is 6.91. The molecule has 2 aromatic heterocycles. The van der Waals surface area contributed by atoms with Gasteiger partial charge in [-0.05, 0) is 18.4 Å². The molecule has 1 fully saturated rings. The van der Waals surface area contributed by atoms with Gasteiger partial charge in [-0.15, -0.1) is 0 Å². The second kappa shape index (κ2) is 5.33. The van der Waals surface area contributed by atoms with Crippen molar-refractivity contribution in [2.24, 2.45) is 18.1 Å². The van der Waals surface area contributed by atoms with E-state index in [1.165, 1.54) is 6.20 Å². The fourth-order valence-corrected chi connectivity index (χ4v) is 3.74. The fraction of sp³-hybridized carbons (Fsp3) is 0.462. The van der Waals surface area contributed by atoms with E-state index in [1.54, 1.807) is 28.9 Å². The smallest absolute Gasteiger partial charge is 0.255 e. The average Bonchev–Trinajstić information content (AvgIpc) is 3.03. The van der Waals surface area contributed by atoms with E-state index in [0.29, 0.717) is 25.1 Å². The van der Waals surface area contributed by atoms with Crippen molar-refractivity contribution in [1.29, 1.82) is 0 Å². The van der Waals surface area contributed by atoms with Gasteiger partial charge in [0.2, 0.25) is 10.0 Å². The summed E-state index contributed by atoms with van der Waals surface area (Å²) in [6, 6.07) is 1.75. The van der Waals surface area contributed by atoms with Gasteiger partial charge in [0.05, 0.1) is 23.0 Å². The van der Waals surface area contributed by atoms with E-state index in [9.17, 15) is 13.2 Å². The van der Waals surface area contributed by atoms with Crippen molar-refractivity contribution in [3.8, 4) is 0 Å². The molecule has 1 saturated heterocycles. The third kappa shape index (κ3) is 2.95. The molecule has 8 nitrogen and oxygen atoms in total. The number of hydrogen-bond donors (Lipinski definition) is 1. The molecule has 2 aromatic rings. The molecule has 0 spiro atoms. The van der Waals surface area contributed by atoms with Gasteiger partial charge in [-0.2, -0.15) is 5.10 Å². The van der Waals surface area contributed by atoms with Crippen molar-refractivity contribution in [1.82, 2.24) is 19.7 Å². The van der Waals surface area contributed by atoms with Gasteiger partial charge < -0.3 is 4.90 Å². The van der Waals surface area contributed by atoms with E-state index in [4.69, 9.17) is 5.14 Å². The number of aromatic nitrogens is 3. The predicted molar refractivity (Wildman–Crippen MR) is 80.5 cm³/mol. The number of aryl methyl sites for hydroxylation is 1. The normalized spacial score (nSPS) is 19.0. The quantitative estimate of drug-likeness (QED) is 0.835. The van der Waals surface area contributed by atoms with Gasteiger partial charge in [0.1, 0.15) is 5.52 Å². The van der Waals surface area contributed by atoms with Crippen LogP contribution in [0.2, 0.25) is 0 Å². The van der Waals surface area contributed by atoms with Crippen molar-refractivity contribution in [3.05, 3.63) is 24.0 Å². The van der Waals surface area contributed by atoms with E-state index in [2.05, 4.69) is 10.1 Å². The number of carbonyl (C=O) groups excluding carboxylic acids is 1. The predicted octanol–water partition coefficient (Wildman–Crippen LogP) is -0.281. The van der Waals surface area contributed by atoms with Gasteiger partial charge in [0.25, 0.3) is 5.91 Å². The van der Waals surface area contributed by atoms with Crippen LogP contribution in [0.1, 0.15) is 16.8 Å². The first-order valence-corrected chi connectivity index (χ1v) is 8.62. The standard InChI is InChI=1S/C13H17N5O3S/c1-17-12-4-10(5-15-11(12)6-16-17)13(19)18-3-2-9(7-18)8-22(14,20)21/h4-6,9H,2-3,7-8H2,1H3,(H2,14,20,21). The van der Waals surface area contributed by atoms with E-state index >= 15 is 0 Å². The Balaban J connectivity index is 1.77. The monoisotopic (exact) mass is 323 g/mol. The lowest BCUT2D eigenvalue weighted by Crippen LogP contribution is -2.30. The summed E-state index contributed by atoms with van der Waals surface area (Å²) >= 11 is 0. The summed E-state index contributed by atoms with van der Waals surface area (Å²) in [5, 5.41) is 9.16. The second-order valence-corrected chi connectivity index (χ2v) is 7.29. The Morgan fingerprint density at radius 1 is 1.45 bits per heavy atom. The molecule has 1 amide bonds. The summed E-state index contributed by atoms with van der Waals surface area (Å²) < 4.78 is 23.9. The maximum atomic E-state index is 12.5. The molecular formula is C13H17N5O3S. The lowest BCUT2D eigenvalue weighted by molar-refractivity contribution is 0.0788. The molecule has 0 bridgehead atoms. The SMILES string of the molecule is Cn1ncc2ncc(C(=O)N3CCC(CS(N)(=O)=O)C3)cc21. The Labute approximate surface area is 128 Å². The molecule has 9 heteroatoms. The lowest BCUT2D eigenvalue weighted by Gasteiger charge is -2.16. The highest BCUT2D eigenvalue weighted by molar-refractivity contribution is 7.89. The first kappa shape index (κ1) is 14.9. The molecule has 0 aliphatic carbocycles. The van der Waals surface area contributed by atoms with Gasteiger partial charge in [-0.25, -0.2) is 13.6 Å². The Bertz CT molecular complexity index is 829. The Morgan fingerprint density at radius 2 is 2.23 bits per heavy atom. The average molecular weight is 323 g/mol. The zero-order valence-corrected chi connectivity index (χ0v) is 13.0. The molecule has 1 aliphatic heterocycles. The van der Waals surface area contributed by atoms with Gasteiger partial charge in [-0.1, -0.05) is 0 Å². The molecule has 0 saturated carbocycles. The van der Waals surface area contributed by atoms with Gasteiger partial charge in [0.15, 0.2) is 0 Å². The van der Waals surface area contributed by atoms with Crippen LogP contribution in [0.25, 0.3) is 11.0 Å². The number of fused-ring (bicyclic) bond motifs is 1. The fourth-order valence-electron chi connectivity index (χ4n) is 2.81. The molecule has 1 unspecified atom stereocenters. The summed E-state index contributed by atoms with van der Waals surface area (Å²) in [6.45, 7) is 0.932. The van der Waals surface area contributed by atoms with Crippen LogP contribution >= 0.6 is 0 Å². The molecule has 3 heterocycles. The number of amides is 1. The van der Waals surface area contributed by atoms with E-state index < -0.39 is 10.0 Å². The topological polar surface area (TPSA) is 111 Å².